The third kappa shape index (κ3) is 4.80. The highest BCUT2D eigenvalue weighted by Gasteiger charge is 2.25. The first-order valence-electron chi connectivity index (χ1n) is 8.57. The summed E-state index contributed by atoms with van der Waals surface area (Å²) in [6.07, 6.45) is 2.57. The van der Waals surface area contributed by atoms with Gasteiger partial charge in [-0.25, -0.2) is 9.78 Å². The average molecular weight is 354 g/mol. The monoisotopic (exact) mass is 354 g/mol. The van der Waals surface area contributed by atoms with Gasteiger partial charge in [-0.15, -0.1) is 0 Å². The molecular weight excluding hydrogens is 332 g/mol. The highest BCUT2D eigenvalue weighted by atomic mass is 16.6. The third-order valence-corrected chi connectivity index (χ3v) is 4.38. The maximum absolute atomic E-state index is 12.2. The molecule has 0 bridgehead atoms. The summed E-state index contributed by atoms with van der Waals surface area (Å²) in [5.41, 5.74) is 1.95. The van der Waals surface area contributed by atoms with Crippen LogP contribution in [0.1, 0.15) is 30.0 Å². The van der Waals surface area contributed by atoms with Crippen molar-refractivity contribution < 1.29 is 14.4 Å². The lowest BCUT2D eigenvalue weighted by atomic mass is 9.93. The summed E-state index contributed by atoms with van der Waals surface area (Å²) >= 11 is 0. The molecule has 3 rings (SSSR count). The number of carbonyl (C=O) groups excluding carboxylic acids is 1. The van der Waals surface area contributed by atoms with E-state index in [0.29, 0.717) is 31.4 Å². The fourth-order valence-electron chi connectivity index (χ4n) is 2.99. The fourth-order valence-corrected chi connectivity index (χ4v) is 2.99. The minimum atomic E-state index is -0.265. The van der Waals surface area contributed by atoms with Crippen molar-refractivity contribution in [2.45, 2.75) is 25.4 Å². The molecule has 2 N–H and O–H groups in total. The van der Waals surface area contributed by atoms with Gasteiger partial charge < -0.3 is 14.5 Å². The minimum absolute atomic E-state index is 0.265. The van der Waals surface area contributed by atoms with Crippen molar-refractivity contribution in [2.24, 2.45) is 10.9 Å². The molecule has 1 aliphatic rings. The molecule has 1 aromatic heterocycles. The SMILES string of the molecule is NO/C=N\c1cccc(C2CCN(C(=O)OCc3ccccc3)CC2)n1. The van der Waals surface area contributed by atoms with Gasteiger partial charge in [-0.3, -0.25) is 0 Å². The van der Waals surface area contributed by atoms with Gasteiger partial charge in [0, 0.05) is 24.7 Å². The lowest BCUT2D eigenvalue weighted by Crippen LogP contribution is -2.38. The maximum Gasteiger partial charge on any atom is 0.410 e. The van der Waals surface area contributed by atoms with Gasteiger partial charge in [0.05, 0.1) is 0 Å². The molecule has 0 saturated carbocycles. The van der Waals surface area contributed by atoms with Gasteiger partial charge in [0.25, 0.3) is 0 Å². The van der Waals surface area contributed by atoms with Crippen molar-refractivity contribution in [1.82, 2.24) is 9.88 Å². The van der Waals surface area contributed by atoms with Crippen LogP contribution in [0.4, 0.5) is 10.6 Å². The summed E-state index contributed by atoms with van der Waals surface area (Å²) in [5.74, 6) is 5.78. The molecule has 1 aliphatic heterocycles. The number of benzene rings is 1. The summed E-state index contributed by atoms with van der Waals surface area (Å²) in [5, 5.41) is 0. The second kappa shape index (κ2) is 8.96. The molecule has 0 spiro atoms. The molecule has 1 aromatic carbocycles. The van der Waals surface area contributed by atoms with Crippen LogP contribution in [0.15, 0.2) is 53.5 Å². The molecular formula is C19H22N4O3. The minimum Gasteiger partial charge on any atom is -0.445 e. The van der Waals surface area contributed by atoms with Crippen molar-refractivity contribution in [1.29, 1.82) is 0 Å². The van der Waals surface area contributed by atoms with Crippen LogP contribution in [0.2, 0.25) is 0 Å². The number of aromatic nitrogens is 1. The number of aliphatic imine (C=N–C) groups is 1. The summed E-state index contributed by atoms with van der Waals surface area (Å²) in [6, 6.07) is 15.4. The zero-order valence-corrected chi connectivity index (χ0v) is 14.5. The Hall–Kier alpha value is -2.93. The van der Waals surface area contributed by atoms with Gasteiger partial charge in [0.1, 0.15) is 6.61 Å². The van der Waals surface area contributed by atoms with E-state index in [0.717, 1.165) is 30.5 Å². The molecule has 1 amide bonds. The first-order chi connectivity index (χ1) is 12.8. The van der Waals surface area contributed by atoms with Crippen LogP contribution >= 0.6 is 0 Å². The normalized spacial score (nSPS) is 15.2. The Kier molecular flexibility index (Phi) is 6.16. The number of nitrogens with zero attached hydrogens (tertiary/aromatic N) is 3. The quantitative estimate of drug-likeness (QED) is 0.506. The van der Waals surface area contributed by atoms with E-state index < -0.39 is 0 Å². The standard InChI is InChI=1S/C19H22N4O3/c20-26-14-21-18-8-4-7-17(22-18)16-9-11-23(12-10-16)19(24)25-13-15-5-2-1-3-6-15/h1-8,14,16H,9-13,20H2/b21-14-. The maximum atomic E-state index is 12.2. The highest BCUT2D eigenvalue weighted by molar-refractivity contribution is 5.67. The Labute approximate surface area is 152 Å². The lowest BCUT2D eigenvalue weighted by Gasteiger charge is -2.31. The number of ether oxygens (including phenoxy) is 1. The van der Waals surface area contributed by atoms with E-state index >= 15 is 0 Å². The number of hydrogen-bond acceptors (Lipinski definition) is 6. The van der Waals surface area contributed by atoms with Crippen LogP contribution in [0.5, 0.6) is 0 Å². The Morgan fingerprint density at radius 1 is 1.19 bits per heavy atom. The number of rotatable bonds is 5. The van der Waals surface area contributed by atoms with E-state index in [-0.39, 0.29) is 6.09 Å². The van der Waals surface area contributed by atoms with E-state index in [1.807, 2.05) is 42.5 Å². The number of nitrogens with two attached hydrogens (primary N) is 1. The molecule has 0 radical (unpaired) electrons. The third-order valence-electron chi connectivity index (χ3n) is 4.38. The highest BCUT2D eigenvalue weighted by Crippen LogP contribution is 2.28. The molecule has 26 heavy (non-hydrogen) atoms. The molecule has 0 atom stereocenters. The second-order valence-electron chi connectivity index (χ2n) is 6.09. The summed E-state index contributed by atoms with van der Waals surface area (Å²) < 4.78 is 5.40. The van der Waals surface area contributed by atoms with Crippen molar-refractivity contribution in [2.75, 3.05) is 13.1 Å². The van der Waals surface area contributed by atoms with E-state index in [2.05, 4.69) is 14.8 Å². The topological polar surface area (TPSA) is 90.0 Å². The Balaban J connectivity index is 1.51. The van der Waals surface area contributed by atoms with Gasteiger partial charge in [-0.2, -0.15) is 10.9 Å². The van der Waals surface area contributed by atoms with Gasteiger partial charge in [0.2, 0.25) is 6.40 Å². The van der Waals surface area contributed by atoms with Crippen molar-refractivity contribution in [3.05, 3.63) is 59.8 Å². The van der Waals surface area contributed by atoms with Crippen LogP contribution in [0.25, 0.3) is 0 Å². The first kappa shape index (κ1) is 17.9. The summed E-state index contributed by atoms with van der Waals surface area (Å²) in [7, 11) is 0. The van der Waals surface area contributed by atoms with E-state index in [9.17, 15) is 4.79 Å². The van der Waals surface area contributed by atoms with Crippen LogP contribution in [0, 0.1) is 0 Å². The van der Waals surface area contributed by atoms with Gasteiger partial charge in [0.15, 0.2) is 5.82 Å². The van der Waals surface area contributed by atoms with Crippen LogP contribution in [0.3, 0.4) is 0 Å². The molecule has 1 fully saturated rings. The number of amides is 1. The summed E-state index contributed by atoms with van der Waals surface area (Å²) in [6.45, 7) is 1.60. The number of carbonyl (C=O) groups is 1. The van der Waals surface area contributed by atoms with Gasteiger partial charge in [-0.1, -0.05) is 36.4 Å². The Morgan fingerprint density at radius 2 is 1.96 bits per heavy atom. The number of piperidine rings is 1. The molecule has 0 aliphatic carbocycles. The average Bonchev–Trinajstić information content (AvgIpc) is 2.71. The summed E-state index contributed by atoms with van der Waals surface area (Å²) in [4.78, 5) is 26.8. The zero-order chi connectivity index (χ0) is 18.2. The van der Waals surface area contributed by atoms with Gasteiger partial charge >= 0.3 is 6.09 Å². The van der Waals surface area contributed by atoms with Crippen LogP contribution in [-0.4, -0.2) is 35.5 Å². The van der Waals surface area contributed by atoms with E-state index in [1.54, 1.807) is 11.0 Å². The fraction of sp³-hybridized carbons (Fsp3) is 0.316. The molecule has 7 nitrogen and oxygen atoms in total. The molecule has 7 heteroatoms. The van der Waals surface area contributed by atoms with E-state index in [1.165, 1.54) is 0 Å². The number of likely N-dealkylation sites (tertiary alicyclic amines) is 1. The van der Waals surface area contributed by atoms with Gasteiger partial charge in [-0.05, 0) is 30.5 Å². The zero-order valence-electron chi connectivity index (χ0n) is 14.5. The molecule has 0 unspecified atom stereocenters. The lowest BCUT2D eigenvalue weighted by molar-refractivity contribution is 0.0868. The predicted octanol–water partition coefficient (Wildman–Crippen LogP) is 3.15. The number of hydrogen-bond donors (Lipinski definition) is 1. The van der Waals surface area contributed by atoms with Crippen molar-refractivity contribution >= 4 is 18.3 Å². The molecule has 2 heterocycles. The molecule has 2 aromatic rings. The Bertz CT molecular complexity index is 743. The predicted molar refractivity (Wildman–Crippen MR) is 97.8 cm³/mol. The van der Waals surface area contributed by atoms with Crippen molar-refractivity contribution in [3.63, 3.8) is 0 Å². The molecule has 136 valence electrons. The first-order valence-corrected chi connectivity index (χ1v) is 8.57. The van der Waals surface area contributed by atoms with Crippen molar-refractivity contribution in [3.8, 4) is 0 Å². The largest absolute Gasteiger partial charge is 0.445 e. The smallest absolute Gasteiger partial charge is 0.410 e. The van der Waals surface area contributed by atoms with Crippen LogP contribution in [-0.2, 0) is 16.2 Å². The second-order valence-corrected chi connectivity index (χ2v) is 6.09. The Morgan fingerprint density at radius 3 is 2.69 bits per heavy atom. The van der Waals surface area contributed by atoms with E-state index in [4.69, 9.17) is 10.6 Å². The molecule has 1 saturated heterocycles. The number of pyridine rings is 1. The van der Waals surface area contributed by atoms with Crippen LogP contribution < -0.4 is 5.90 Å².